The van der Waals surface area contributed by atoms with Gasteiger partial charge in [0.05, 0.1) is 21.2 Å². The van der Waals surface area contributed by atoms with Gasteiger partial charge in [-0.25, -0.2) is 9.97 Å². The van der Waals surface area contributed by atoms with Gasteiger partial charge in [-0.3, -0.25) is 19.9 Å². The number of carbonyl (C=O) groups excluding carboxylic acids is 2. The van der Waals surface area contributed by atoms with Crippen LogP contribution in [0.2, 0.25) is 0 Å². The largest absolute Gasteiger partial charge is 0.425 e. The molecular formula is C25H23F3N6O2S2. The van der Waals surface area contributed by atoms with E-state index in [0.29, 0.717) is 45.0 Å². The molecule has 0 unspecified atom stereocenters. The number of alkyl halides is 3. The topological polar surface area (TPSA) is 109 Å². The Morgan fingerprint density at radius 1 is 1.03 bits per heavy atom. The number of amides is 2. The Kier molecular flexibility index (Phi) is 7.77. The highest BCUT2D eigenvalue weighted by molar-refractivity contribution is 8.18. The minimum Gasteiger partial charge on any atom is -0.351 e. The van der Waals surface area contributed by atoms with Gasteiger partial charge in [-0.2, -0.15) is 13.2 Å². The van der Waals surface area contributed by atoms with Gasteiger partial charge in [0.25, 0.3) is 11.1 Å². The predicted octanol–water partition coefficient (Wildman–Crippen LogP) is 5.46. The average molecular weight is 561 g/mol. The number of anilines is 1. The summed E-state index contributed by atoms with van der Waals surface area (Å²) < 4.78 is 39.1. The standard InChI is InChI=1S/C25H23F3N6O2S2/c26-25(27,28)20-8-7-18(37-20)21-14(2-1-10-29-21)13-31-15-3-5-16(6-4-15)32-23-30-11-9-17(33-23)12-19-22(35)34-24(36)38-19/h1-2,7-12,15-16,31H,3-6,13H2,(H,30,32,33)(H,34,35,36). The fraction of sp³-hybridized carbons (Fsp3) is 0.320. The molecule has 2 fully saturated rings. The van der Waals surface area contributed by atoms with Crippen molar-refractivity contribution in [1.29, 1.82) is 0 Å². The molecule has 2 amide bonds. The molecule has 0 radical (unpaired) electrons. The third-order valence-electron chi connectivity index (χ3n) is 6.25. The molecule has 13 heteroatoms. The van der Waals surface area contributed by atoms with E-state index in [1.54, 1.807) is 30.6 Å². The first kappa shape index (κ1) is 26.3. The van der Waals surface area contributed by atoms with Gasteiger partial charge in [-0.05, 0) is 73.4 Å². The maximum Gasteiger partial charge on any atom is 0.425 e. The summed E-state index contributed by atoms with van der Waals surface area (Å²) in [7, 11) is 0. The number of aromatic nitrogens is 3. The minimum atomic E-state index is -4.36. The van der Waals surface area contributed by atoms with Gasteiger partial charge < -0.3 is 10.6 Å². The highest BCUT2D eigenvalue weighted by atomic mass is 32.2. The van der Waals surface area contributed by atoms with Crippen LogP contribution in [0.1, 0.15) is 41.8 Å². The molecule has 1 saturated heterocycles. The first-order valence-electron chi connectivity index (χ1n) is 11.9. The molecule has 2 aliphatic rings. The Balaban J connectivity index is 1.14. The zero-order valence-electron chi connectivity index (χ0n) is 19.9. The van der Waals surface area contributed by atoms with E-state index in [9.17, 15) is 22.8 Å². The fourth-order valence-electron chi connectivity index (χ4n) is 4.38. The summed E-state index contributed by atoms with van der Waals surface area (Å²) in [6.45, 7) is 0.513. The number of imide groups is 1. The average Bonchev–Trinajstić information content (AvgIpc) is 3.51. The van der Waals surface area contributed by atoms with E-state index in [1.165, 1.54) is 6.07 Å². The zero-order valence-corrected chi connectivity index (χ0v) is 21.6. The van der Waals surface area contributed by atoms with Crippen LogP contribution in [-0.2, 0) is 17.5 Å². The van der Waals surface area contributed by atoms with Crippen LogP contribution >= 0.6 is 23.1 Å². The number of carbonyl (C=O) groups is 2. The molecule has 8 nitrogen and oxygen atoms in total. The van der Waals surface area contributed by atoms with Crippen molar-refractivity contribution in [2.45, 2.75) is 50.5 Å². The molecule has 0 atom stereocenters. The SMILES string of the molecule is O=C1NC(=O)C(=Cc2ccnc(NC3CCC(NCc4cccnc4-c4ccc(C(F)(F)F)s4)CC3)n2)S1. The molecule has 198 valence electrons. The summed E-state index contributed by atoms with van der Waals surface area (Å²) in [5, 5.41) is 8.70. The third-order valence-corrected chi connectivity index (χ3v) is 8.20. The number of nitrogens with zero attached hydrogens (tertiary/aromatic N) is 3. The Hall–Kier alpha value is -3.29. The van der Waals surface area contributed by atoms with Crippen molar-refractivity contribution < 1.29 is 22.8 Å². The van der Waals surface area contributed by atoms with Crippen LogP contribution < -0.4 is 16.0 Å². The highest BCUT2D eigenvalue weighted by Crippen LogP contribution is 2.38. The predicted molar refractivity (Wildman–Crippen MR) is 140 cm³/mol. The summed E-state index contributed by atoms with van der Waals surface area (Å²) in [5.74, 6) is 0.0264. The second kappa shape index (κ2) is 11.2. The molecule has 0 aromatic carbocycles. The van der Waals surface area contributed by atoms with Crippen molar-refractivity contribution in [3.8, 4) is 10.6 Å². The van der Waals surface area contributed by atoms with Gasteiger partial charge in [0.15, 0.2) is 0 Å². The second-order valence-electron chi connectivity index (χ2n) is 8.90. The Morgan fingerprint density at radius 3 is 2.53 bits per heavy atom. The van der Waals surface area contributed by atoms with Crippen molar-refractivity contribution in [3.05, 3.63) is 63.8 Å². The number of hydrogen-bond acceptors (Lipinski definition) is 9. The van der Waals surface area contributed by atoms with E-state index in [-0.39, 0.29) is 12.1 Å². The molecule has 4 heterocycles. The first-order valence-corrected chi connectivity index (χ1v) is 13.6. The molecule has 3 aromatic rings. The highest BCUT2D eigenvalue weighted by Gasteiger charge is 2.33. The molecule has 3 aromatic heterocycles. The fourth-order valence-corrected chi connectivity index (χ4v) is 5.95. The molecule has 0 bridgehead atoms. The molecule has 3 N–H and O–H groups in total. The van der Waals surface area contributed by atoms with E-state index in [1.807, 2.05) is 6.07 Å². The quantitative estimate of drug-likeness (QED) is 0.327. The van der Waals surface area contributed by atoms with Crippen molar-refractivity contribution in [2.75, 3.05) is 5.32 Å². The summed E-state index contributed by atoms with van der Waals surface area (Å²) in [6, 6.07) is 8.37. The maximum atomic E-state index is 13.0. The summed E-state index contributed by atoms with van der Waals surface area (Å²) in [5.41, 5.74) is 1.96. The second-order valence-corrected chi connectivity index (χ2v) is 11.0. The monoisotopic (exact) mass is 560 g/mol. The molecule has 1 aliphatic carbocycles. The Bertz CT molecular complexity index is 1370. The molecule has 38 heavy (non-hydrogen) atoms. The van der Waals surface area contributed by atoms with Gasteiger partial charge in [0.1, 0.15) is 4.88 Å². The lowest BCUT2D eigenvalue weighted by molar-refractivity contribution is -0.134. The summed E-state index contributed by atoms with van der Waals surface area (Å²) in [6.07, 6.45) is 3.99. The van der Waals surface area contributed by atoms with E-state index in [0.717, 1.165) is 49.1 Å². The number of halogens is 3. The van der Waals surface area contributed by atoms with E-state index < -0.39 is 22.2 Å². The van der Waals surface area contributed by atoms with Crippen molar-refractivity contribution in [3.63, 3.8) is 0 Å². The summed E-state index contributed by atoms with van der Waals surface area (Å²) >= 11 is 1.54. The van der Waals surface area contributed by atoms with Crippen LogP contribution in [-0.4, -0.2) is 38.2 Å². The van der Waals surface area contributed by atoms with Gasteiger partial charge in [0, 0.05) is 31.0 Å². The number of rotatable bonds is 7. The van der Waals surface area contributed by atoms with Crippen molar-refractivity contribution in [1.82, 2.24) is 25.6 Å². The summed E-state index contributed by atoms with van der Waals surface area (Å²) in [4.78, 5) is 36.3. The number of thiophene rings is 1. The lowest BCUT2D eigenvalue weighted by Gasteiger charge is -2.30. The van der Waals surface area contributed by atoms with Gasteiger partial charge in [-0.15, -0.1) is 11.3 Å². The first-order chi connectivity index (χ1) is 18.2. The number of thioether (sulfide) groups is 1. The number of nitrogens with one attached hydrogen (secondary N) is 3. The van der Waals surface area contributed by atoms with Crippen LogP contribution in [0.4, 0.5) is 23.9 Å². The molecule has 5 rings (SSSR count). The lowest BCUT2D eigenvalue weighted by atomic mass is 9.91. The Morgan fingerprint density at radius 2 is 1.82 bits per heavy atom. The van der Waals surface area contributed by atoms with E-state index in [4.69, 9.17) is 0 Å². The normalized spacial score (nSPS) is 21.1. The third kappa shape index (κ3) is 6.40. The van der Waals surface area contributed by atoms with Gasteiger partial charge >= 0.3 is 6.18 Å². The van der Waals surface area contributed by atoms with E-state index in [2.05, 4.69) is 30.9 Å². The van der Waals surface area contributed by atoms with Gasteiger partial charge in [0.2, 0.25) is 5.95 Å². The van der Waals surface area contributed by atoms with Crippen LogP contribution in [0.3, 0.4) is 0 Å². The van der Waals surface area contributed by atoms with Crippen LogP contribution in [0, 0.1) is 0 Å². The molecule has 1 aliphatic heterocycles. The molecule has 1 saturated carbocycles. The van der Waals surface area contributed by atoms with Crippen LogP contribution in [0.15, 0.2) is 47.6 Å². The lowest BCUT2D eigenvalue weighted by Crippen LogP contribution is -2.37. The van der Waals surface area contributed by atoms with Gasteiger partial charge in [-0.1, -0.05) is 6.07 Å². The number of hydrogen-bond donors (Lipinski definition) is 3. The van der Waals surface area contributed by atoms with Crippen molar-refractivity contribution >= 4 is 46.3 Å². The van der Waals surface area contributed by atoms with E-state index >= 15 is 0 Å². The maximum absolute atomic E-state index is 13.0. The zero-order chi connectivity index (χ0) is 26.7. The smallest absolute Gasteiger partial charge is 0.351 e. The van der Waals surface area contributed by atoms with Crippen molar-refractivity contribution in [2.24, 2.45) is 0 Å². The Labute approximate surface area is 224 Å². The van der Waals surface area contributed by atoms with Crippen LogP contribution in [0.5, 0.6) is 0 Å². The van der Waals surface area contributed by atoms with Crippen LogP contribution in [0.25, 0.3) is 16.6 Å². The molecule has 0 spiro atoms. The number of pyridine rings is 1. The minimum absolute atomic E-state index is 0.183. The molecular weight excluding hydrogens is 537 g/mol.